The maximum atomic E-state index is 12.9. The van der Waals surface area contributed by atoms with E-state index in [9.17, 15) is 18.0 Å². The van der Waals surface area contributed by atoms with Gasteiger partial charge in [-0.2, -0.15) is 13.2 Å². The molecule has 1 aromatic carbocycles. The fraction of sp³-hybridized carbons (Fsp3) is 0.278. The minimum atomic E-state index is -4.36. The van der Waals surface area contributed by atoms with E-state index in [1.165, 1.54) is 10.6 Å². The van der Waals surface area contributed by atoms with Crippen molar-refractivity contribution in [3.8, 4) is 0 Å². The number of benzene rings is 1. The largest absolute Gasteiger partial charge is 0.416 e. The van der Waals surface area contributed by atoms with Crippen LogP contribution in [0.15, 0.2) is 53.7 Å². The van der Waals surface area contributed by atoms with Crippen molar-refractivity contribution in [1.29, 1.82) is 0 Å². The maximum Gasteiger partial charge on any atom is 0.416 e. The van der Waals surface area contributed by atoms with Gasteiger partial charge in [0.1, 0.15) is 6.17 Å². The predicted octanol–water partition coefficient (Wildman–Crippen LogP) is 3.29. The first kappa shape index (κ1) is 17.1. The minimum Gasteiger partial charge on any atom is -0.366 e. The van der Waals surface area contributed by atoms with Gasteiger partial charge < -0.3 is 14.8 Å². The Bertz CT molecular complexity index is 844. The lowest BCUT2D eigenvalue weighted by atomic mass is 10.1. The lowest BCUT2D eigenvalue weighted by Crippen LogP contribution is -2.29. The number of aromatic nitrogens is 1. The van der Waals surface area contributed by atoms with Crippen molar-refractivity contribution in [2.24, 2.45) is 7.05 Å². The molecule has 1 aliphatic rings. The Morgan fingerprint density at radius 2 is 2.00 bits per heavy atom. The highest BCUT2D eigenvalue weighted by Gasteiger charge is 2.30. The maximum absolute atomic E-state index is 12.9. The summed E-state index contributed by atoms with van der Waals surface area (Å²) in [6.07, 6.45) is 0.687. The van der Waals surface area contributed by atoms with Crippen molar-refractivity contribution in [2.45, 2.75) is 25.8 Å². The molecule has 0 radical (unpaired) electrons. The summed E-state index contributed by atoms with van der Waals surface area (Å²) in [5.74, 6) is 0. The lowest BCUT2D eigenvalue weighted by molar-refractivity contribution is -0.137. The summed E-state index contributed by atoms with van der Waals surface area (Å²) in [5, 5.41) is 3.17. The Hall–Kier alpha value is -2.70. The molecule has 7 heteroatoms. The van der Waals surface area contributed by atoms with Gasteiger partial charge in [-0.25, -0.2) is 0 Å². The van der Waals surface area contributed by atoms with Gasteiger partial charge in [0.15, 0.2) is 0 Å². The van der Waals surface area contributed by atoms with Gasteiger partial charge in [-0.15, -0.1) is 0 Å². The van der Waals surface area contributed by atoms with Gasteiger partial charge in [-0.1, -0.05) is 12.1 Å². The van der Waals surface area contributed by atoms with E-state index < -0.39 is 11.7 Å². The summed E-state index contributed by atoms with van der Waals surface area (Å²) in [7, 11) is 1.68. The van der Waals surface area contributed by atoms with Gasteiger partial charge >= 0.3 is 6.18 Å². The van der Waals surface area contributed by atoms with Crippen LogP contribution in [-0.4, -0.2) is 9.47 Å². The molecule has 4 nitrogen and oxygen atoms in total. The van der Waals surface area contributed by atoms with E-state index in [-0.39, 0.29) is 11.7 Å². The van der Waals surface area contributed by atoms with Crippen LogP contribution < -0.4 is 10.9 Å². The van der Waals surface area contributed by atoms with E-state index in [0.29, 0.717) is 17.7 Å². The number of nitrogens with zero attached hydrogens (tertiary/aromatic N) is 2. The number of nitrogens with one attached hydrogen (secondary N) is 1. The molecule has 2 heterocycles. The Balaban J connectivity index is 1.86. The monoisotopic (exact) mass is 349 g/mol. The highest BCUT2D eigenvalue weighted by molar-refractivity contribution is 5.28. The molecule has 0 aliphatic carbocycles. The number of halogens is 3. The molecule has 1 unspecified atom stereocenters. The lowest BCUT2D eigenvalue weighted by Gasteiger charge is -2.27. The van der Waals surface area contributed by atoms with Crippen molar-refractivity contribution in [3.63, 3.8) is 0 Å². The molecule has 1 aliphatic heterocycles. The molecule has 0 bridgehead atoms. The summed E-state index contributed by atoms with van der Waals surface area (Å²) >= 11 is 0. The first-order valence-corrected chi connectivity index (χ1v) is 7.77. The quantitative estimate of drug-likeness (QED) is 0.924. The highest BCUT2D eigenvalue weighted by Crippen LogP contribution is 2.31. The molecule has 0 saturated carbocycles. The van der Waals surface area contributed by atoms with Crippen LogP contribution in [0.2, 0.25) is 0 Å². The van der Waals surface area contributed by atoms with Gasteiger partial charge in [0.25, 0.3) is 5.56 Å². The average molecular weight is 349 g/mol. The third-order valence-electron chi connectivity index (χ3n) is 4.17. The van der Waals surface area contributed by atoms with Crippen LogP contribution in [0.1, 0.15) is 28.4 Å². The van der Waals surface area contributed by atoms with Crippen LogP contribution in [0.25, 0.3) is 0 Å². The number of hydrogen-bond donors (Lipinski definition) is 1. The molecule has 2 aromatic rings. The van der Waals surface area contributed by atoms with Crippen molar-refractivity contribution >= 4 is 0 Å². The molecule has 3 rings (SSSR count). The van der Waals surface area contributed by atoms with Crippen molar-refractivity contribution in [2.75, 3.05) is 0 Å². The van der Waals surface area contributed by atoms with E-state index in [2.05, 4.69) is 5.32 Å². The second kappa shape index (κ2) is 6.31. The number of alkyl halides is 3. The summed E-state index contributed by atoms with van der Waals surface area (Å²) in [5.41, 5.74) is 1.33. The summed E-state index contributed by atoms with van der Waals surface area (Å²) < 4.78 is 40.1. The second-order valence-electron chi connectivity index (χ2n) is 6.13. The molecule has 0 fully saturated rings. The average Bonchev–Trinajstić information content (AvgIpc) is 2.99. The van der Waals surface area contributed by atoms with E-state index in [1.807, 2.05) is 4.90 Å². The summed E-state index contributed by atoms with van der Waals surface area (Å²) in [6, 6.07) is 7.11. The zero-order valence-corrected chi connectivity index (χ0v) is 13.8. The van der Waals surface area contributed by atoms with Gasteiger partial charge in [0, 0.05) is 43.3 Å². The molecule has 132 valence electrons. The Morgan fingerprint density at radius 3 is 2.68 bits per heavy atom. The number of hydrogen-bond acceptors (Lipinski definition) is 3. The van der Waals surface area contributed by atoms with Crippen LogP contribution in [-0.2, 0) is 19.8 Å². The SMILES string of the molecule is Cc1cc(C2NC=CN2Cc2cccc(C(F)(F)F)c2)cn(C)c1=O. The van der Waals surface area contributed by atoms with Gasteiger partial charge in [0.05, 0.1) is 5.56 Å². The van der Waals surface area contributed by atoms with Crippen LogP contribution in [0.3, 0.4) is 0 Å². The fourth-order valence-corrected chi connectivity index (χ4v) is 2.96. The smallest absolute Gasteiger partial charge is 0.366 e. The third-order valence-corrected chi connectivity index (χ3v) is 4.17. The molecule has 1 N–H and O–H groups in total. The normalized spacial score (nSPS) is 17.0. The van der Waals surface area contributed by atoms with Crippen molar-refractivity contribution in [1.82, 2.24) is 14.8 Å². The molecule has 1 atom stereocenters. The van der Waals surface area contributed by atoms with Gasteiger partial charge in [-0.3, -0.25) is 4.79 Å². The third kappa shape index (κ3) is 3.55. The fourth-order valence-electron chi connectivity index (χ4n) is 2.96. The molecule has 0 spiro atoms. The van der Waals surface area contributed by atoms with Gasteiger partial charge in [-0.05, 0) is 30.7 Å². The van der Waals surface area contributed by atoms with Gasteiger partial charge in [0.2, 0.25) is 0 Å². The standard InChI is InChI=1S/C18H18F3N3O/c1-12-8-14(11-23(2)17(12)25)16-22-6-7-24(16)10-13-4-3-5-15(9-13)18(19,20)21/h3-9,11,16,22H,10H2,1-2H3. The minimum absolute atomic E-state index is 0.0702. The van der Waals surface area contributed by atoms with E-state index in [4.69, 9.17) is 0 Å². The van der Waals surface area contributed by atoms with E-state index >= 15 is 0 Å². The van der Waals surface area contributed by atoms with Crippen molar-refractivity contribution < 1.29 is 13.2 Å². The zero-order chi connectivity index (χ0) is 18.2. The van der Waals surface area contributed by atoms with Crippen molar-refractivity contribution in [3.05, 3.63) is 81.5 Å². The molecular formula is C18H18F3N3O. The number of pyridine rings is 1. The predicted molar refractivity (Wildman–Crippen MR) is 88.4 cm³/mol. The number of aryl methyl sites for hydroxylation is 2. The Kier molecular flexibility index (Phi) is 4.32. The zero-order valence-electron chi connectivity index (χ0n) is 13.8. The highest BCUT2D eigenvalue weighted by atomic mass is 19.4. The molecule has 25 heavy (non-hydrogen) atoms. The Morgan fingerprint density at radius 1 is 1.24 bits per heavy atom. The van der Waals surface area contributed by atoms with Crippen LogP contribution in [0.5, 0.6) is 0 Å². The first-order valence-electron chi connectivity index (χ1n) is 7.77. The topological polar surface area (TPSA) is 37.3 Å². The molecule has 0 saturated heterocycles. The number of rotatable bonds is 3. The van der Waals surface area contributed by atoms with Crippen LogP contribution in [0, 0.1) is 6.92 Å². The molecule has 1 aromatic heterocycles. The molecular weight excluding hydrogens is 331 g/mol. The summed E-state index contributed by atoms with van der Waals surface area (Å²) in [4.78, 5) is 13.7. The van der Waals surface area contributed by atoms with Crippen LogP contribution in [0.4, 0.5) is 13.2 Å². The van der Waals surface area contributed by atoms with E-state index in [1.54, 1.807) is 44.7 Å². The summed E-state index contributed by atoms with van der Waals surface area (Å²) in [6.45, 7) is 2.06. The van der Waals surface area contributed by atoms with Crippen LogP contribution >= 0.6 is 0 Å². The first-order chi connectivity index (χ1) is 11.8. The second-order valence-corrected chi connectivity index (χ2v) is 6.13. The molecule has 0 amide bonds. The van der Waals surface area contributed by atoms with E-state index in [0.717, 1.165) is 17.7 Å². The Labute approximate surface area is 143 Å².